The zero-order valence-corrected chi connectivity index (χ0v) is 14.0. The Morgan fingerprint density at radius 3 is 3.17 bits per heavy atom. The molecule has 0 radical (unpaired) electrons. The third-order valence-electron chi connectivity index (χ3n) is 4.94. The van der Waals surface area contributed by atoms with Crippen molar-refractivity contribution >= 4 is 16.9 Å². The highest BCUT2D eigenvalue weighted by Gasteiger charge is 2.19. The number of hydrogen-bond acceptors (Lipinski definition) is 4. The van der Waals surface area contributed by atoms with Gasteiger partial charge < -0.3 is 15.2 Å². The number of aromatic nitrogens is 3. The van der Waals surface area contributed by atoms with Crippen molar-refractivity contribution in [3.8, 4) is 11.3 Å². The first-order valence-corrected chi connectivity index (χ1v) is 8.65. The summed E-state index contributed by atoms with van der Waals surface area (Å²) < 4.78 is 0. The van der Waals surface area contributed by atoms with Crippen LogP contribution in [0.3, 0.4) is 0 Å². The highest BCUT2D eigenvalue weighted by atomic mass is 15.1. The zero-order valence-electron chi connectivity index (χ0n) is 14.0. The Kier molecular flexibility index (Phi) is 4.17. The lowest BCUT2D eigenvalue weighted by Crippen LogP contribution is -2.27. The summed E-state index contributed by atoms with van der Waals surface area (Å²) in [6.45, 7) is 2.19. The summed E-state index contributed by atoms with van der Waals surface area (Å²) in [5.74, 6) is 0.939. The number of anilines is 1. The van der Waals surface area contributed by atoms with Crippen LogP contribution < -0.4 is 5.32 Å². The van der Waals surface area contributed by atoms with Crippen LogP contribution in [-0.4, -0.2) is 46.0 Å². The normalized spacial score (nSPS) is 18.3. The average molecular weight is 323 g/mol. The molecule has 5 nitrogen and oxygen atoms in total. The number of likely N-dealkylation sites (tertiary alicyclic amines) is 1. The van der Waals surface area contributed by atoms with Crippen molar-refractivity contribution in [1.29, 1.82) is 0 Å². The lowest BCUT2D eigenvalue weighted by molar-refractivity contribution is 0.301. The van der Waals surface area contributed by atoms with Crippen molar-refractivity contribution in [3.63, 3.8) is 0 Å². The zero-order chi connectivity index (χ0) is 16.4. The van der Waals surface area contributed by atoms with Crippen molar-refractivity contribution in [2.45, 2.75) is 25.3 Å². The molecule has 0 aliphatic carbocycles. The number of aromatic amines is 1. The molecule has 1 aliphatic heterocycles. The summed E-state index contributed by atoms with van der Waals surface area (Å²) in [5, 5.41) is 4.59. The fourth-order valence-electron chi connectivity index (χ4n) is 3.58. The molecule has 0 aromatic carbocycles. The molecule has 1 atom stereocenters. The summed E-state index contributed by atoms with van der Waals surface area (Å²) in [6, 6.07) is 10.9. The molecule has 3 aromatic heterocycles. The van der Waals surface area contributed by atoms with Crippen molar-refractivity contribution in [1.82, 2.24) is 19.9 Å². The van der Waals surface area contributed by atoms with Crippen LogP contribution in [0.4, 0.5) is 5.82 Å². The number of nitrogens with one attached hydrogen (secondary N) is 2. The number of hydrogen-bond donors (Lipinski definition) is 2. The van der Waals surface area contributed by atoms with E-state index in [1.807, 2.05) is 24.5 Å². The first-order chi connectivity index (χ1) is 11.8. The van der Waals surface area contributed by atoms with E-state index in [1.165, 1.54) is 25.8 Å². The van der Waals surface area contributed by atoms with Gasteiger partial charge in [-0.15, -0.1) is 0 Å². The minimum Gasteiger partial charge on any atom is -0.370 e. The Bertz CT molecular complexity index is 831. The van der Waals surface area contributed by atoms with Gasteiger partial charge in [0, 0.05) is 37.4 Å². The van der Waals surface area contributed by atoms with Gasteiger partial charge in [0.05, 0.1) is 5.69 Å². The number of H-pyrrole nitrogens is 1. The van der Waals surface area contributed by atoms with E-state index in [0.29, 0.717) is 6.04 Å². The Balaban J connectivity index is 0.00000182. The quantitative estimate of drug-likeness (QED) is 0.750. The SMILES string of the molecule is CN1CCCC1CCNc1cccc(-c2ccnc3[nH]ccc23)n1.[HH]. The van der Waals surface area contributed by atoms with Crippen molar-refractivity contribution < 1.29 is 1.43 Å². The van der Waals surface area contributed by atoms with Gasteiger partial charge >= 0.3 is 0 Å². The monoisotopic (exact) mass is 323 g/mol. The van der Waals surface area contributed by atoms with Crippen LogP contribution in [0.15, 0.2) is 42.7 Å². The van der Waals surface area contributed by atoms with Crippen LogP contribution in [0.25, 0.3) is 22.3 Å². The molecular formula is C19H25N5. The first kappa shape index (κ1) is 15.1. The van der Waals surface area contributed by atoms with E-state index in [-0.39, 0.29) is 1.43 Å². The summed E-state index contributed by atoms with van der Waals surface area (Å²) in [7, 11) is 2.22. The lowest BCUT2D eigenvalue weighted by atomic mass is 10.1. The van der Waals surface area contributed by atoms with E-state index in [1.54, 1.807) is 0 Å². The van der Waals surface area contributed by atoms with Gasteiger partial charge in [0.2, 0.25) is 0 Å². The summed E-state index contributed by atoms with van der Waals surface area (Å²) in [5.41, 5.74) is 2.99. The Labute approximate surface area is 143 Å². The molecule has 0 saturated carbocycles. The third-order valence-corrected chi connectivity index (χ3v) is 4.94. The maximum Gasteiger partial charge on any atom is 0.137 e. The van der Waals surface area contributed by atoms with Gasteiger partial charge in [0.15, 0.2) is 0 Å². The molecule has 4 rings (SSSR count). The number of pyridine rings is 2. The van der Waals surface area contributed by atoms with E-state index in [0.717, 1.165) is 34.7 Å². The van der Waals surface area contributed by atoms with Crippen LogP contribution in [0, 0.1) is 0 Å². The first-order valence-electron chi connectivity index (χ1n) is 8.65. The van der Waals surface area contributed by atoms with E-state index in [9.17, 15) is 0 Å². The molecule has 4 heterocycles. The fourth-order valence-corrected chi connectivity index (χ4v) is 3.58. The molecule has 2 N–H and O–H groups in total. The highest BCUT2D eigenvalue weighted by molar-refractivity contribution is 5.91. The summed E-state index contributed by atoms with van der Waals surface area (Å²) in [4.78, 5) is 14.8. The molecule has 24 heavy (non-hydrogen) atoms. The molecule has 5 heteroatoms. The van der Waals surface area contributed by atoms with Crippen LogP contribution >= 0.6 is 0 Å². The molecule has 1 unspecified atom stereocenters. The maximum absolute atomic E-state index is 4.79. The number of fused-ring (bicyclic) bond motifs is 1. The predicted molar refractivity (Wildman–Crippen MR) is 100 cm³/mol. The molecule has 0 bridgehead atoms. The predicted octanol–water partition coefficient (Wildman–Crippen LogP) is 3.77. The molecule has 1 aliphatic rings. The molecule has 1 saturated heterocycles. The molecule has 1 fully saturated rings. The second kappa shape index (κ2) is 6.61. The van der Waals surface area contributed by atoms with Gasteiger partial charge in [-0.2, -0.15) is 0 Å². The minimum absolute atomic E-state index is 0. The fraction of sp³-hybridized carbons (Fsp3) is 0.368. The molecule has 0 spiro atoms. The Hall–Kier alpha value is -2.40. The Morgan fingerprint density at radius 1 is 1.33 bits per heavy atom. The van der Waals surface area contributed by atoms with Crippen molar-refractivity contribution in [2.75, 3.05) is 25.5 Å². The van der Waals surface area contributed by atoms with Crippen LogP contribution in [0.2, 0.25) is 0 Å². The topological polar surface area (TPSA) is 56.8 Å². The van der Waals surface area contributed by atoms with E-state index < -0.39 is 0 Å². The van der Waals surface area contributed by atoms with Gasteiger partial charge in [0.25, 0.3) is 0 Å². The van der Waals surface area contributed by atoms with Gasteiger partial charge in [0.1, 0.15) is 11.5 Å². The minimum atomic E-state index is 0. The second-order valence-corrected chi connectivity index (χ2v) is 6.50. The third kappa shape index (κ3) is 2.99. The summed E-state index contributed by atoms with van der Waals surface area (Å²) >= 11 is 0. The number of nitrogens with zero attached hydrogens (tertiary/aromatic N) is 3. The van der Waals surface area contributed by atoms with Crippen LogP contribution in [0.5, 0.6) is 0 Å². The molecule has 126 valence electrons. The average Bonchev–Trinajstić information content (AvgIpc) is 3.24. The molecular weight excluding hydrogens is 298 g/mol. The highest BCUT2D eigenvalue weighted by Crippen LogP contribution is 2.26. The van der Waals surface area contributed by atoms with E-state index in [4.69, 9.17) is 4.98 Å². The summed E-state index contributed by atoms with van der Waals surface area (Å²) in [6.07, 6.45) is 7.55. The van der Waals surface area contributed by atoms with Gasteiger partial charge in [-0.05, 0) is 57.1 Å². The van der Waals surface area contributed by atoms with Gasteiger partial charge in [-0.3, -0.25) is 0 Å². The van der Waals surface area contributed by atoms with Gasteiger partial charge in [-0.25, -0.2) is 9.97 Å². The largest absolute Gasteiger partial charge is 0.370 e. The molecule has 3 aromatic rings. The smallest absolute Gasteiger partial charge is 0.137 e. The van der Waals surface area contributed by atoms with Crippen molar-refractivity contribution in [3.05, 3.63) is 42.7 Å². The maximum atomic E-state index is 4.79. The van der Waals surface area contributed by atoms with Crippen LogP contribution in [0.1, 0.15) is 20.7 Å². The van der Waals surface area contributed by atoms with E-state index in [2.05, 4.69) is 45.4 Å². The number of rotatable bonds is 5. The molecule has 0 amide bonds. The second-order valence-electron chi connectivity index (χ2n) is 6.50. The van der Waals surface area contributed by atoms with Crippen LogP contribution in [-0.2, 0) is 0 Å². The standard InChI is InChI=1S/C19H23N5.H2/c1-24-13-3-4-14(24)7-10-20-18-6-2-5-17(23-18)15-8-11-21-19-16(15)9-12-22-19;/h2,5-6,8-9,11-12,14H,3-4,7,10,13H2,1H3,(H,20,23)(H,21,22);1H. The van der Waals surface area contributed by atoms with E-state index >= 15 is 0 Å². The lowest BCUT2D eigenvalue weighted by Gasteiger charge is -2.19. The van der Waals surface area contributed by atoms with Gasteiger partial charge in [-0.1, -0.05) is 6.07 Å². The Morgan fingerprint density at radius 2 is 2.29 bits per heavy atom. The van der Waals surface area contributed by atoms with Crippen molar-refractivity contribution in [2.24, 2.45) is 0 Å².